The van der Waals surface area contributed by atoms with E-state index in [-0.39, 0.29) is 11.4 Å². The van der Waals surface area contributed by atoms with Crippen molar-refractivity contribution >= 4 is 23.3 Å². The number of hydrogen-bond donors (Lipinski definition) is 2. The predicted molar refractivity (Wildman–Crippen MR) is 79.9 cm³/mol. The summed E-state index contributed by atoms with van der Waals surface area (Å²) in [5.41, 5.74) is 0.253. The van der Waals surface area contributed by atoms with E-state index in [2.05, 4.69) is 29.5 Å². The largest absolute Gasteiger partial charge is 0.370 e. The summed E-state index contributed by atoms with van der Waals surface area (Å²) in [5, 5.41) is 6.48. The fourth-order valence-corrected chi connectivity index (χ4v) is 1.85. The quantitative estimate of drug-likeness (QED) is 0.840. The lowest BCUT2D eigenvalue weighted by molar-refractivity contribution is 0.0901. The molecule has 1 heterocycles. The van der Waals surface area contributed by atoms with Gasteiger partial charge in [-0.1, -0.05) is 25.4 Å². The van der Waals surface area contributed by atoms with Crippen LogP contribution in [0.25, 0.3) is 0 Å². The zero-order chi connectivity index (χ0) is 14.5. The molecule has 0 aromatic carbocycles. The molecule has 0 fully saturated rings. The molecule has 19 heavy (non-hydrogen) atoms. The molecule has 1 aromatic rings. The molecular formula is C14H22ClN3O. The standard InChI is InChI=1S/C14H22ClN3O/c1-5-14(4,6-2)18-13(19)10-8-12(16-7-3)17-9-11(10)15/h8-9H,5-7H2,1-4H3,(H,16,17)(H,18,19). The Morgan fingerprint density at radius 2 is 2.00 bits per heavy atom. The van der Waals surface area contributed by atoms with Crippen molar-refractivity contribution in [1.29, 1.82) is 0 Å². The number of hydrogen-bond acceptors (Lipinski definition) is 3. The minimum atomic E-state index is -0.206. The van der Waals surface area contributed by atoms with Gasteiger partial charge in [0.1, 0.15) is 5.82 Å². The molecule has 1 amide bonds. The van der Waals surface area contributed by atoms with E-state index in [1.54, 1.807) is 6.07 Å². The molecule has 4 nitrogen and oxygen atoms in total. The van der Waals surface area contributed by atoms with Gasteiger partial charge in [-0.3, -0.25) is 4.79 Å². The smallest absolute Gasteiger partial charge is 0.253 e. The molecule has 0 radical (unpaired) electrons. The van der Waals surface area contributed by atoms with Crippen LogP contribution in [-0.2, 0) is 0 Å². The van der Waals surface area contributed by atoms with E-state index in [0.29, 0.717) is 16.4 Å². The number of nitrogens with one attached hydrogen (secondary N) is 2. The van der Waals surface area contributed by atoms with Crippen molar-refractivity contribution in [1.82, 2.24) is 10.3 Å². The second kappa shape index (κ2) is 6.75. The Morgan fingerprint density at radius 3 is 2.53 bits per heavy atom. The van der Waals surface area contributed by atoms with Gasteiger partial charge in [-0.25, -0.2) is 4.98 Å². The Balaban J connectivity index is 2.95. The second-order valence-electron chi connectivity index (χ2n) is 4.80. The first-order valence-electron chi connectivity index (χ1n) is 6.67. The zero-order valence-corrected chi connectivity index (χ0v) is 12.8. The van der Waals surface area contributed by atoms with Gasteiger partial charge in [-0.15, -0.1) is 0 Å². The summed E-state index contributed by atoms with van der Waals surface area (Å²) in [6, 6.07) is 1.69. The van der Waals surface area contributed by atoms with Gasteiger partial charge in [0.2, 0.25) is 0 Å². The van der Waals surface area contributed by atoms with Crippen molar-refractivity contribution in [2.45, 2.75) is 46.1 Å². The summed E-state index contributed by atoms with van der Waals surface area (Å²) in [6.07, 6.45) is 3.25. The lowest BCUT2D eigenvalue weighted by Crippen LogP contribution is -2.45. The molecule has 0 aliphatic carbocycles. The highest BCUT2D eigenvalue weighted by Gasteiger charge is 2.24. The molecule has 0 saturated heterocycles. The van der Waals surface area contributed by atoms with Crippen molar-refractivity contribution in [2.24, 2.45) is 0 Å². The highest BCUT2D eigenvalue weighted by Crippen LogP contribution is 2.20. The Hall–Kier alpha value is -1.29. The molecule has 0 bridgehead atoms. The van der Waals surface area contributed by atoms with Crippen LogP contribution < -0.4 is 10.6 Å². The van der Waals surface area contributed by atoms with Gasteiger partial charge in [0, 0.05) is 18.3 Å². The van der Waals surface area contributed by atoms with Gasteiger partial charge in [0.25, 0.3) is 5.91 Å². The summed E-state index contributed by atoms with van der Waals surface area (Å²) in [4.78, 5) is 16.4. The summed E-state index contributed by atoms with van der Waals surface area (Å²) in [6.45, 7) is 8.87. The fraction of sp³-hybridized carbons (Fsp3) is 0.571. The van der Waals surface area contributed by atoms with Crippen LogP contribution in [0.5, 0.6) is 0 Å². The van der Waals surface area contributed by atoms with E-state index in [1.807, 2.05) is 13.8 Å². The van der Waals surface area contributed by atoms with E-state index in [1.165, 1.54) is 6.20 Å². The summed E-state index contributed by atoms with van der Waals surface area (Å²) in [7, 11) is 0. The SMILES string of the molecule is CCNc1cc(C(=O)NC(C)(CC)CC)c(Cl)cn1. The number of amides is 1. The number of aromatic nitrogens is 1. The highest BCUT2D eigenvalue weighted by atomic mass is 35.5. The van der Waals surface area contributed by atoms with E-state index in [0.717, 1.165) is 19.4 Å². The lowest BCUT2D eigenvalue weighted by Gasteiger charge is -2.28. The molecule has 0 unspecified atom stereocenters. The van der Waals surface area contributed by atoms with Crippen molar-refractivity contribution < 1.29 is 4.79 Å². The van der Waals surface area contributed by atoms with Gasteiger partial charge in [0.15, 0.2) is 0 Å². The van der Waals surface area contributed by atoms with E-state index >= 15 is 0 Å². The zero-order valence-electron chi connectivity index (χ0n) is 12.0. The Labute approximate surface area is 120 Å². The van der Waals surface area contributed by atoms with Gasteiger partial charge in [-0.2, -0.15) is 0 Å². The van der Waals surface area contributed by atoms with Crippen molar-refractivity contribution in [3.8, 4) is 0 Å². The van der Waals surface area contributed by atoms with Gasteiger partial charge < -0.3 is 10.6 Å². The third-order valence-corrected chi connectivity index (χ3v) is 3.74. The molecule has 5 heteroatoms. The van der Waals surface area contributed by atoms with Gasteiger partial charge >= 0.3 is 0 Å². The number of carbonyl (C=O) groups excluding carboxylic acids is 1. The Kier molecular flexibility index (Phi) is 5.60. The van der Waals surface area contributed by atoms with E-state index < -0.39 is 0 Å². The minimum Gasteiger partial charge on any atom is -0.370 e. The topological polar surface area (TPSA) is 54.0 Å². The maximum absolute atomic E-state index is 12.3. The van der Waals surface area contributed by atoms with Crippen LogP contribution in [0.2, 0.25) is 5.02 Å². The number of rotatable bonds is 6. The molecule has 106 valence electrons. The summed E-state index contributed by atoms with van der Waals surface area (Å²) in [5.74, 6) is 0.504. The third kappa shape index (κ3) is 4.10. The van der Waals surface area contributed by atoms with Gasteiger partial charge in [-0.05, 0) is 32.8 Å². The third-order valence-electron chi connectivity index (χ3n) is 3.43. The molecule has 0 aliphatic heterocycles. The molecule has 0 saturated carbocycles. The van der Waals surface area contributed by atoms with Crippen LogP contribution in [-0.4, -0.2) is 23.0 Å². The van der Waals surface area contributed by atoms with Crippen LogP contribution in [0.4, 0.5) is 5.82 Å². The first kappa shape index (κ1) is 15.8. The minimum absolute atomic E-state index is 0.155. The van der Waals surface area contributed by atoms with Crippen LogP contribution in [0.1, 0.15) is 50.9 Å². The maximum atomic E-state index is 12.3. The predicted octanol–water partition coefficient (Wildman–Crippen LogP) is 3.48. The Bertz CT molecular complexity index is 444. The first-order valence-corrected chi connectivity index (χ1v) is 7.05. The second-order valence-corrected chi connectivity index (χ2v) is 5.21. The molecular weight excluding hydrogens is 262 g/mol. The van der Waals surface area contributed by atoms with Crippen molar-refractivity contribution in [3.05, 3.63) is 22.8 Å². The number of nitrogens with zero attached hydrogens (tertiary/aromatic N) is 1. The lowest BCUT2D eigenvalue weighted by atomic mass is 9.95. The molecule has 1 rings (SSSR count). The number of anilines is 1. The molecule has 2 N–H and O–H groups in total. The Morgan fingerprint density at radius 1 is 1.37 bits per heavy atom. The van der Waals surface area contributed by atoms with E-state index in [9.17, 15) is 4.79 Å². The van der Waals surface area contributed by atoms with Gasteiger partial charge in [0.05, 0.1) is 10.6 Å². The average molecular weight is 284 g/mol. The molecule has 1 aromatic heterocycles. The monoisotopic (exact) mass is 283 g/mol. The number of carbonyl (C=O) groups is 1. The molecule has 0 spiro atoms. The first-order chi connectivity index (χ1) is 8.95. The van der Waals surface area contributed by atoms with Crippen LogP contribution in [0.15, 0.2) is 12.3 Å². The van der Waals surface area contributed by atoms with Crippen molar-refractivity contribution in [3.63, 3.8) is 0 Å². The molecule has 0 atom stereocenters. The fourth-order valence-electron chi connectivity index (χ4n) is 1.66. The molecule has 0 aliphatic rings. The maximum Gasteiger partial charge on any atom is 0.253 e. The summed E-state index contributed by atoms with van der Waals surface area (Å²) >= 11 is 6.06. The van der Waals surface area contributed by atoms with Crippen LogP contribution in [0.3, 0.4) is 0 Å². The van der Waals surface area contributed by atoms with Crippen LogP contribution in [0, 0.1) is 0 Å². The number of halogens is 1. The average Bonchev–Trinajstić information content (AvgIpc) is 2.41. The van der Waals surface area contributed by atoms with Crippen molar-refractivity contribution in [2.75, 3.05) is 11.9 Å². The van der Waals surface area contributed by atoms with Crippen LogP contribution >= 0.6 is 11.6 Å². The highest BCUT2D eigenvalue weighted by molar-refractivity contribution is 6.33. The van der Waals surface area contributed by atoms with E-state index in [4.69, 9.17) is 11.6 Å². The summed E-state index contributed by atoms with van der Waals surface area (Å²) < 4.78 is 0. The number of pyridine rings is 1. The normalized spacial score (nSPS) is 11.2.